The Labute approximate surface area is 123 Å². The van der Waals surface area contributed by atoms with E-state index in [1.54, 1.807) is 6.07 Å². The normalized spacial score (nSPS) is 12.8. The standard InChI is InChI=1S/C17H29FN2/c1-4-12-19-15(2)9-7-8-13-20(3)14-16-10-5-6-11-17(16)18/h5-6,10-11,15,19H,4,7-9,12-14H2,1-3H3. The summed E-state index contributed by atoms with van der Waals surface area (Å²) in [5.41, 5.74) is 0.785. The monoisotopic (exact) mass is 280 g/mol. The molecule has 1 atom stereocenters. The summed E-state index contributed by atoms with van der Waals surface area (Å²) in [6.07, 6.45) is 4.80. The molecule has 2 nitrogen and oxygen atoms in total. The zero-order valence-electron chi connectivity index (χ0n) is 13.2. The van der Waals surface area contributed by atoms with Gasteiger partial charge in [-0.25, -0.2) is 4.39 Å². The highest BCUT2D eigenvalue weighted by Crippen LogP contribution is 2.10. The fraction of sp³-hybridized carbons (Fsp3) is 0.647. The fourth-order valence-corrected chi connectivity index (χ4v) is 2.32. The zero-order chi connectivity index (χ0) is 14.8. The van der Waals surface area contributed by atoms with E-state index in [4.69, 9.17) is 0 Å². The Balaban J connectivity index is 2.14. The molecule has 0 radical (unpaired) electrons. The Kier molecular flexibility index (Phi) is 8.47. The van der Waals surface area contributed by atoms with E-state index < -0.39 is 0 Å². The van der Waals surface area contributed by atoms with Crippen LogP contribution < -0.4 is 5.32 Å². The second-order valence-corrected chi connectivity index (χ2v) is 5.68. The van der Waals surface area contributed by atoms with Crippen LogP contribution in [-0.2, 0) is 6.54 Å². The molecular formula is C17H29FN2. The first-order chi connectivity index (χ1) is 9.63. The summed E-state index contributed by atoms with van der Waals surface area (Å²) in [6, 6.07) is 7.63. The molecule has 0 spiro atoms. The first-order valence-corrected chi connectivity index (χ1v) is 7.78. The summed E-state index contributed by atoms with van der Waals surface area (Å²) in [5.74, 6) is -0.100. The van der Waals surface area contributed by atoms with Crippen LogP contribution in [0.2, 0.25) is 0 Å². The van der Waals surface area contributed by atoms with Crippen molar-refractivity contribution in [2.45, 2.75) is 52.1 Å². The van der Waals surface area contributed by atoms with Crippen LogP contribution in [0.15, 0.2) is 24.3 Å². The SMILES string of the molecule is CCCNC(C)CCCCN(C)Cc1ccccc1F. The molecule has 1 aromatic carbocycles. The van der Waals surface area contributed by atoms with Crippen molar-refractivity contribution in [1.82, 2.24) is 10.2 Å². The quantitative estimate of drug-likeness (QED) is 0.656. The van der Waals surface area contributed by atoms with Crippen LogP contribution in [-0.4, -0.2) is 31.1 Å². The van der Waals surface area contributed by atoms with E-state index in [9.17, 15) is 4.39 Å². The molecule has 1 N–H and O–H groups in total. The molecule has 1 rings (SSSR count). The number of benzene rings is 1. The highest BCUT2D eigenvalue weighted by molar-refractivity contribution is 5.16. The van der Waals surface area contributed by atoms with Gasteiger partial charge in [-0.2, -0.15) is 0 Å². The predicted molar refractivity (Wildman–Crippen MR) is 84.3 cm³/mol. The molecule has 0 aromatic heterocycles. The third-order valence-corrected chi connectivity index (χ3v) is 3.57. The number of hydrogen-bond donors (Lipinski definition) is 1. The molecule has 1 unspecified atom stereocenters. The molecule has 0 bridgehead atoms. The molecule has 0 heterocycles. The van der Waals surface area contributed by atoms with Crippen molar-refractivity contribution in [3.63, 3.8) is 0 Å². The Hall–Kier alpha value is -0.930. The molecular weight excluding hydrogens is 251 g/mol. The first kappa shape index (κ1) is 17.1. The summed E-state index contributed by atoms with van der Waals surface area (Å²) in [6.45, 7) is 7.26. The highest BCUT2D eigenvalue weighted by Gasteiger charge is 2.05. The second kappa shape index (κ2) is 9.89. The minimum atomic E-state index is -0.100. The van der Waals surface area contributed by atoms with Crippen LogP contribution in [0.1, 0.15) is 45.1 Å². The van der Waals surface area contributed by atoms with Crippen molar-refractivity contribution in [1.29, 1.82) is 0 Å². The van der Waals surface area contributed by atoms with Gasteiger partial charge < -0.3 is 10.2 Å². The number of nitrogens with zero attached hydrogens (tertiary/aromatic N) is 1. The van der Waals surface area contributed by atoms with Crippen molar-refractivity contribution in [2.24, 2.45) is 0 Å². The largest absolute Gasteiger partial charge is 0.314 e. The maximum Gasteiger partial charge on any atom is 0.127 e. The van der Waals surface area contributed by atoms with E-state index in [1.807, 2.05) is 12.1 Å². The Morgan fingerprint density at radius 3 is 2.70 bits per heavy atom. The van der Waals surface area contributed by atoms with Gasteiger partial charge in [-0.1, -0.05) is 31.5 Å². The van der Waals surface area contributed by atoms with Gasteiger partial charge in [0.1, 0.15) is 5.82 Å². The van der Waals surface area contributed by atoms with Gasteiger partial charge in [0, 0.05) is 18.2 Å². The number of nitrogens with one attached hydrogen (secondary N) is 1. The molecule has 1 aromatic rings. The summed E-state index contributed by atoms with van der Waals surface area (Å²) < 4.78 is 13.5. The summed E-state index contributed by atoms with van der Waals surface area (Å²) in [4.78, 5) is 2.20. The molecule has 3 heteroatoms. The molecule has 0 aliphatic rings. The second-order valence-electron chi connectivity index (χ2n) is 5.68. The average Bonchev–Trinajstić information content (AvgIpc) is 2.44. The lowest BCUT2D eigenvalue weighted by Gasteiger charge is -2.18. The summed E-state index contributed by atoms with van der Waals surface area (Å²) >= 11 is 0. The minimum absolute atomic E-state index is 0.100. The van der Waals surface area contributed by atoms with E-state index in [0.29, 0.717) is 12.6 Å². The van der Waals surface area contributed by atoms with Crippen molar-refractivity contribution >= 4 is 0 Å². The maximum atomic E-state index is 13.5. The number of hydrogen-bond acceptors (Lipinski definition) is 2. The van der Waals surface area contributed by atoms with Crippen LogP contribution >= 0.6 is 0 Å². The topological polar surface area (TPSA) is 15.3 Å². The lowest BCUT2D eigenvalue weighted by Crippen LogP contribution is -2.27. The van der Waals surface area contributed by atoms with Crippen LogP contribution in [0.25, 0.3) is 0 Å². The zero-order valence-corrected chi connectivity index (χ0v) is 13.2. The van der Waals surface area contributed by atoms with Crippen molar-refractivity contribution in [3.05, 3.63) is 35.6 Å². The molecule has 0 fully saturated rings. The van der Waals surface area contributed by atoms with Gasteiger partial charge in [0.25, 0.3) is 0 Å². The smallest absolute Gasteiger partial charge is 0.127 e. The Morgan fingerprint density at radius 1 is 1.25 bits per heavy atom. The summed E-state index contributed by atoms with van der Waals surface area (Å²) in [5, 5.41) is 3.50. The lowest BCUT2D eigenvalue weighted by molar-refractivity contribution is 0.309. The molecule has 114 valence electrons. The summed E-state index contributed by atoms with van der Waals surface area (Å²) in [7, 11) is 2.06. The van der Waals surface area contributed by atoms with E-state index in [-0.39, 0.29) is 5.82 Å². The highest BCUT2D eigenvalue weighted by atomic mass is 19.1. The Morgan fingerprint density at radius 2 is 2.00 bits per heavy atom. The van der Waals surface area contributed by atoms with Crippen molar-refractivity contribution in [2.75, 3.05) is 20.1 Å². The average molecular weight is 280 g/mol. The fourth-order valence-electron chi connectivity index (χ4n) is 2.32. The number of rotatable bonds is 10. The molecule has 0 saturated heterocycles. The van der Waals surface area contributed by atoms with Crippen LogP contribution in [0.5, 0.6) is 0 Å². The van der Waals surface area contributed by atoms with E-state index in [0.717, 1.165) is 18.7 Å². The Bertz CT molecular complexity index is 368. The van der Waals surface area contributed by atoms with Gasteiger partial charge in [-0.15, -0.1) is 0 Å². The lowest BCUT2D eigenvalue weighted by atomic mass is 10.1. The molecule has 0 saturated carbocycles. The van der Waals surface area contributed by atoms with Crippen molar-refractivity contribution < 1.29 is 4.39 Å². The van der Waals surface area contributed by atoms with Gasteiger partial charge in [0.2, 0.25) is 0 Å². The number of halogens is 1. The minimum Gasteiger partial charge on any atom is -0.314 e. The van der Waals surface area contributed by atoms with Gasteiger partial charge in [-0.3, -0.25) is 0 Å². The molecule has 20 heavy (non-hydrogen) atoms. The third kappa shape index (κ3) is 7.01. The molecule has 0 amide bonds. The van der Waals surface area contributed by atoms with E-state index in [2.05, 4.69) is 31.1 Å². The van der Waals surface area contributed by atoms with E-state index in [1.165, 1.54) is 31.7 Å². The van der Waals surface area contributed by atoms with Gasteiger partial charge in [0.15, 0.2) is 0 Å². The predicted octanol–water partition coefficient (Wildman–Crippen LogP) is 3.82. The van der Waals surface area contributed by atoms with Gasteiger partial charge in [-0.05, 0) is 52.4 Å². The van der Waals surface area contributed by atoms with E-state index >= 15 is 0 Å². The number of unbranched alkanes of at least 4 members (excludes halogenated alkanes) is 1. The van der Waals surface area contributed by atoms with Gasteiger partial charge >= 0.3 is 0 Å². The van der Waals surface area contributed by atoms with Crippen LogP contribution in [0.3, 0.4) is 0 Å². The molecule has 0 aliphatic heterocycles. The molecule has 0 aliphatic carbocycles. The first-order valence-electron chi connectivity index (χ1n) is 7.78. The van der Waals surface area contributed by atoms with Crippen LogP contribution in [0, 0.1) is 5.82 Å². The van der Waals surface area contributed by atoms with Crippen molar-refractivity contribution in [3.8, 4) is 0 Å². The van der Waals surface area contributed by atoms with Crippen LogP contribution in [0.4, 0.5) is 4.39 Å². The van der Waals surface area contributed by atoms with Gasteiger partial charge in [0.05, 0.1) is 0 Å². The maximum absolute atomic E-state index is 13.5. The third-order valence-electron chi connectivity index (χ3n) is 3.57.